The molecule has 1 unspecified atom stereocenters. The fourth-order valence-electron chi connectivity index (χ4n) is 1.49. The van der Waals surface area contributed by atoms with Crippen LogP contribution < -0.4 is 0 Å². The number of hydrogen-bond donors (Lipinski definition) is 0. The van der Waals surface area contributed by atoms with Crippen molar-refractivity contribution < 1.29 is 9.53 Å². The molecule has 0 bridgehead atoms. The highest BCUT2D eigenvalue weighted by molar-refractivity contribution is 8.03. The SMILES string of the molecule is C=CC(=O)OC(CCCC)CSc1nnc(SCCC)s1. The molecule has 0 amide bonds. The minimum atomic E-state index is -0.354. The number of nitrogens with zero attached hydrogens (tertiary/aromatic N) is 2. The average molecular weight is 347 g/mol. The van der Waals surface area contributed by atoms with Gasteiger partial charge in [-0.1, -0.05) is 68.1 Å². The van der Waals surface area contributed by atoms with Crippen molar-refractivity contribution in [1.82, 2.24) is 10.2 Å². The molecule has 0 saturated carbocycles. The maximum atomic E-state index is 11.3. The second-order valence-corrected chi connectivity index (χ2v) is 7.99. The molecule has 0 N–H and O–H groups in total. The van der Waals surface area contributed by atoms with E-state index < -0.39 is 0 Å². The Hall–Kier alpha value is -0.530. The van der Waals surface area contributed by atoms with Gasteiger partial charge in [0, 0.05) is 17.6 Å². The van der Waals surface area contributed by atoms with Crippen LogP contribution in [0.15, 0.2) is 21.3 Å². The molecule has 0 aliphatic heterocycles. The van der Waals surface area contributed by atoms with Crippen LogP contribution in [-0.4, -0.2) is 33.8 Å². The Morgan fingerprint density at radius 3 is 2.67 bits per heavy atom. The van der Waals surface area contributed by atoms with E-state index in [1.807, 2.05) is 0 Å². The first-order valence-electron chi connectivity index (χ1n) is 7.11. The molecule has 1 aromatic heterocycles. The zero-order chi connectivity index (χ0) is 15.5. The van der Waals surface area contributed by atoms with Crippen LogP contribution in [0.1, 0.15) is 39.5 Å². The Morgan fingerprint density at radius 2 is 2.05 bits per heavy atom. The number of carbonyl (C=O) groups excluding carboxylic acids is 1. The third kappa shape index (κ3) is 7.87. The van der Waals surface area contributed by atoms with Crippen LogP contribution in [0.3, 0.4) is 0 Å². The van der Waals surface area contributed by atoms with Crippen LogP contribution >= 0.6 is 34.9 Å². The standard InChI is InChI=1S/C14H22N2O2S3/c1-4-7-8-11(18-12(17)6-3)10-20-14-16-15-13(21-14)19-9-5-2/h6,11H,3-5,7-10H2,1-2H3. The summed E-state index contributed by atoms with van der Waals surface area (Å²) in [5.74, 6) is 1.43. The molecule has 7 heteroatoms. The molecule has 0 spiro atoms. The van der Waals surface area contributed by atoms with Crippen molar-refractivity contribution in [1.29, 1.82) is 0 Å². The monoisotopic (exact) mass is 346 g/mol. The lowest BCUT2D eigenvalue weighted by molar-refractivity contribution is -0.142. The second kappa shape index (κ2) is 11.1. The van der Waals surface area contributed by atoms with Crippen LogP contribution in [0, 0.1) is 0 Å². The summed E-state index contributed by atoms with van der Waals surface area (Å²) in [6, 6.07) is 0. The molecule has 1 aromatic rings. The highest BCUT2D eigenvalue weighted by Gasteiger charge is 2.14. The maximum absolute atomic E-state index is 11.3. The van der Waals surface area contributed by atoms with Crippen LogP contribution in [0.2, 0.25) is 0 Å². The molecule has 0 saturated heterocycles. The third-order valence-electron chi connectivity index (χ3n) is 2.54. The quantitative estimate of drug-likeness (QED) is 0.336. The van der Waals surface area contributed by atoms with E-state index >= 15 is 0 Å². The summed E-state index contributed by atoms with van der Waals surface area (Å²) in [6.45, 7) is 7.71. The molecule has 0 fully saturated rings. The zero-order valence-electron chi connectivity index (χ0n) is 12.5. The Morgan fingerprint density at radius 1 is 1.33 bits per heavy atom. The lowest BCUT2D eigenvalue weighted by atomic mass is 10.2. The van der Waals surface area contributed by atoms with Crippen molar-refractivity contribution in [3.63, 3.8) is 0 Å². The lowest BCUT2D eigenvalue weighted by Gasteiger charge is -2.15. The van der Waals surface area contributed by atoms with E-state index in [9.17, 15) is 4.79 Å². The summed E-state index contributed by atoms with van der Waals surface area (Å²) in [6.07, 6.45) is 5.26. The predicted molar refractivity (Wildman–Crippen MR) is 91.3 cm³/mol. The Bertz CT molecular complexity index is 438. The van der Waals surface area contributed by atoms with Crippen molar-refractivity contribution in [2.24, 2.45) is 0 Å². The fraction of sp³-hybridized carbons (Fsp3) is 0.643. The normalized spacial score (nSPS) is 12.1. The number of unbranched alkanes of at least 4 members (excludes halogenated alkanes) is 1. The van der Waals surface area contributed by atoms with Crippen LogP contribution in [0.25, 0.3) is 0 Å². The Kier molecular flexibility index (Phi) is 9.78. The van der Waals surface area contributed by atoms with Crippen molar-refractivity contribution in [3.05, 3.63) is 12.7 Å². The molecule has 0 radical (unpaired) electrons. The van der Waals surface area contributed by atoms with Crippen molar-refractivity contribution in [3.8, 4) is 0 Å². The fourth-order valence-corrected chi connectivity index (χ4v) is 4.50. The van der Waals surface area contributed by atoms with Gasteiger partial charge in [0.2, 0.25) is 0 Å². The Labute approximate surface area is 139 Å². The first kappa shape index (κ1) is 18.5. The van der Waals surface area contributed by atoms with Gasteiger partial charge in [-0.3, -0.25) is 0 Å². The van der Waals surface area contributed by atoms with E-state index in [1.54, 1.807) is 34.9 Å². The van der Waals surface area contributed by atoms with E-state index in [-0.39, 0.29) is 12.1 Å². The average Bonchev–Trinajstić information content (AvgIpc) is 2.95. The summed E-state index contributed by atoms with van der Waals surface area (Å²) >= 11 is 4.95. The third-order valence-corrected chi connectivity index (χ3v) is 6.07. The van der Waals surface area contributed by atoms with Crippen LogP contribution in [-0.2, 0) is 9.53 Å². The van der Waals surface area contributed by atoms with Crippen molar-refractivity contribution >= 4 is 40.8 Å². The van der Waals surface area contributed by atoms with E-state index in [4.69, 9.17) is 4.74 Å². The second-order valence-electron chi connectivity index (χ2n) is 4.40. The molecular formula is C14H22N2O2S3. The number of esters is 1. The molecule has 0 aliphatic rings. The summed E-state index contributed by atoms with van der Waals surface area (Å²) in [7, 11) is 0. The lowest BCUT2D eigenvalue weighted by Crippen LogP contribution is -2.19. The highest BCUT2D eigenvalue weighted by atomic mass is 32.2. The summed E-state index contributed by atoms with van der Waals surface area (Å²) in [4.78, 5) is 11.3. The molecule has 0 aromatic carbocycles. The molecule has 4 nitrogen and oxygen atoms in total. The van der Waals surface area contributed by atoms with E-state index in [0.29, 0.717) is 5.75 Å². The molecule has 21 heavy (non-hydrogen) atoms. The molecule has 1 atom stereocenters. The van der Waals surface area contributed by atoms with Gasteiger partial charge in [0.1, 0.15) is 6.10 Å². The van der Waals surface area contributed by atoms with Gasteiger partial charge in [0.25, 0.3) is 0 Å². The maximum Gasteiger partial charge on any atom is 0.330 e. The van der Waals surface area contributed by atoms with Gasteiger partial charge in [-0.15, -0.1) is 10.2 Å². The summed E-state index contributed by atoms with van der Waals surface area (Å²) in [5, 5.41) is 8.33. The van der Waals surface area contributed by atoms with Gasteiger partial charge in [0.15, 0.2) is 8.68 Å². The van der Waals surface area contributed by atoms with Crippen LogP contribution in [0.5, 0.6) is 0 Å². The van der Waals surface area contributed by atoms with Gasteiger partial charge in [-0.2, -0.15) is 0 Å². The summed E-state index contributed by atoms with van der Waals surface area (Å²) < 4.78 is 7.31. The van der Waals surface area contributed by atoms with E-state index in [2.05, 4.69) is 30.6 Å². The first-order chi connectivity index (χ1) is 10.2. The molecule has 0 aliphatic carbocycles. The van der Waals surface area contributed by atoms with Gasteiger partial charge in [0.05, 0.1) is 0 Å². The molecule has 118 valence electrons. The summed E-state index contributed by atoms with van der Waals surface area (Å²) in [5.41, 5.74) is 0. The number of rotatable bonds is 11. The number of carbonyl (C=O) groups is 1. The Balaban J connectivity index is 2.44. The van der Waals surface area contributed by atoms with E-state index in [1.165, 1.54) is 6.08 Å². The largest absolute Gasteiger partial charge is 0.458 e. The number of thioether (sulfide) groups is 2. The number of aromatic nitrogens is 2. The molecule has 1 heterocycles. The van der Waals surface area contributed by atoms with E-state index in [0.717, 1.165) is 40.1 Å². The van der Waals surface area contributed by atoms with Gasteiger partial charge < -0.3 is 4.74 Å². The van der Waals surface area contributed by atoms with Crippen molar-refractivity contribution in [2.75, 3.05) is 11.5 Å². The predicted octanol–water partition coefficient (Wildman–Crippen LogP) is 4.42. The topological polar surface area (TPSA) is 52.1 Å². The number of hydrogen-bond acceptors (Lipinski definition) is 7. The number of ether oxygens (including phenoxy) is 1. The van der Waals surface area contributed by atoms with Gasteiger partial charge in [-0.25, -0.2) is 4.79 Å². The molecule has 1 rings (SSSR count). The first-order valence-corrected chi connectivity index (χ1v) is 9.90. The van der Waals surface area contributed by atoms with Gasteiger partial charge >= 0.3 is 5.97 Å². The van der Waals surface area contributed by atoms with Gasteiger partial charge in [-0.05, 0) is 12.8 Å². The minimum Gasteiger partial charge on any atom is -0.458 e. The van der Waals surface area contributed by atoms with Crippen LogP contribution in [0.4, 0.5) is 0 Å². The minimum absolute atomic E-state index is 0.0869. The van der Waals surface area contributed by atoms with Crippen molar-refractivity contribution in [2.45, 2.75) is 54.3 Å². The highest BCUT2D eigenvalue weighted by Crippen LogP contribution is 2.30. The smallest absolute Gasteiger partial charge is 0.330 e. The zero-order valence-corrected chi connectivity index (χ0v) is 15.0. The molecular weight excluding hydrogens is 324 g/mol.